The van der Waals surface area contributed by atoms with E-state index in [0.29, 0.717) is 12.8 Å². The number of phosphoric ester groups is 1. The van der Waals surface area contributed by atoms with Crippen molar-refractivity contribution in [3.05, 3.63) is 72.9 Å². The molecule has 1 amide bonds. The Morgan fingerprint density at radius 3 is 1.39 bits per heavy atom. The van der Waals surface area contributed by atoms with E-state index < -0.39 is 20.0 Å². The highest BCUT2D eigenvalue weighted by molar-refractivity contribution is 7.47. The number of hydrogen-bond acceptors (Lipinski definition) is 6. The molecule has 0 fully saturated rings. The first-order chi connectivity index (χ1) is 29.9. The van der Waals surface area contributed by atoms with Crippen molar-refractivity contribution in [1.82, 2.24) is 5.32 Å². The third-order valence-electron chi connectivity index (χ3n) is 10.8. The average Bonchev–Trinajstić information content (AvgIpc) is 3.25. The van der Waals surface area contributed by atoms with Crippen molar-refractivity contribution >= 4 is 13.7 Å². The van der Waals surface area contributed by atoms with Crippen LogP contribution >= 0.6 is 7.82 Å². The van der Waals surface area contributed by atoms with E-state index in [-0.39, 0.29) is 25.7 Å². The molecule has 0 radical (unpaired) electrons. The van der Waals surface area contributed by atoms with Crippen LogP contribution in [0.5, 0.6) is 0 Å². The van der Waals surface area contributed by atoms with E-state index in [1.165, 1.54) is 103 Å². The summed E-state index contributed by atoms with van der Waals surface area (Å²) < 4.78 is 22.3. The van der Waals surface area contributed by atoms with Crippen molar-refractivity contribution < 1.29 is 28.4 Å². The molecule has 8 nitrogen and oxygen atoms in total. The fraction of sp³-hybridized carbons (Fsp3) is 0.750. The fourth-order valence-electron chi connectivity index (χ4n) is 7.08. The molecule has 354 valence electrons. The summed E-state index contributed by atoms with van der Waals surface area (Å²) in [5, 5.41) is 13.9. The Bertz CT molecular complexity index is 1180. The largest absolute Gasteiger partial charge is 0.472 e. The van der Waals surface area contributed by atoms with Crippen molar-refractivity contribution in [3.63, 3.8) is 0 Å². The summed E-state index contributed by atoms with van der Waals surface area (Å²) in [6, 6.07) is -0.793. The fourth-order valence-corrected chi connectivity index (χ4v) is 7.84. The van der Waals surface area contributed by atoms with Gasteiger partial charge in [0.15, 0.2) is 0 Å². The number of phosphoric acid groups is 1. The predicted molar refractivity (Wildman–Crippen MR) is 263 cm³/mol. The monoisotopic (exact) mass is 875 g/mol. The van der Waals surface area contributed by atoms with Gasteiger partial charge in [0.25, 0.3) is 0 Å². The Balaban J connectivity index is 4.16. The summed E-state index contributed by atoms with van der Waals surface area (Å²) in [5.41, 5.74) is 5.40. The van der Waals surface area contributed by atoms with E-state index >= 15 is 0 Å². The number of allylic oxidation sites excluding steroid dienone is 12. The Morgan fingerprint density at radius 1 is 0.557 bits per heavy atom. The van der Waals surface area contributed by atoms with Gasteiger partial charge in [0.05, 0.1) is 25.4 Å². The highest BCUT2D eigenvalue weighted by Crippen LogP contribution is 2.43. The second-order valence-corrected chi connectivity index (χ2v) is 18.1. The number of carbonyl (C=O) groups is 1. The molecule has 0 aromatic heterocycles. The van der Waals surface area contributed by atoms with Crippen LogP contribution in [0.3, 0.4) is 0 Å². The first-order valence-corrected chi connectivity index (χ1v) is 26.5. The molecule has 3 atom stereocenters. The molecule has 0 rings (SSSR count). The number of rotatable bonds is 46. The minimum atomic E-state index is -4.33. The Morgan fingerprint density at radius 2 is 0.951 bits per heavy atom. The SMILES string of the molecule is CC/C=C\C/C=C\C/C=C\C/C=C\C/C=C\C/C=C\CCCCCCC(=O)NC(COP(=O)(O)OCCN)C(O)CCCCCCCCCCCCCCCCCCCCC. The van der Waals surface area contributed by atoms with Crippen LogP contribution in [-0.4, -0.2) is 47.8 Å². The molecule has 0 heterocycles. The molecule has 0 saturated carbocycles. The number of amides is 1. The van der Waals surface area contributed by atoms with Crippen molar-refractivity contribution in [2.24, 2.45) is 5.73 Å². The van der Waals surface area contributed by atoms with Crippen LogP contribution in [0, 0.1) is 0 Å². The number of aliphatic hydroxyl groups is 1. The Labute approximate surface area is 376 Å². The van der Waals surface area contributed by atoms with Crippen molar-refractivity contribution in [2.75, 3.05) is 19.8 Å². The van der Waals surface area contributed by atoms with Gasteiger partial charge in [-0.1, -0.05) is 222 Å². The van der Waals surface area contributed by atoms with Crippen LogP contribution in [0.15, 0.2) is 72.9 Å². The first-order valence-electron chi connectivity index (χ1n) is 25.1. The van der Waals surface area contributed by atoms with Crippen molar-refractivity contribution in [2.45, 2.75) is 231 Å². The summed E-state index contributed by atoms with van der Waals surface area (Å²) in [7, 11) is -4.33. The molecule has 0 aliphatic heterocycles. The maximum Gasteiger partial charge on any atom is 0.472 e. The number of unbranched alkanes of at least 4 members (excludes halogenated alkanes) is 22. The minimum absolute atomic E-state index is 0.0808. The lowest BCUT2D eigenvalue weighted by atomic mass is 10.0. The molecule has 5 N–H and O–H groups in total. The number of nitrogens with two attached hydrogens (primary N) is 1. The molecular weight excluding hydrogens is 780 g/mol. The molecule has 0 saturated heterocycles. The van der Waals surface area contributed by atoms with Crippen molar-refractivity contribution in [1.29, 1.82) is 0 Å². The molecule has 0 aliphatic carbocycles. The van der Waals surface area contributed by atoms with Crippen molar-refractivity contribution in [3.8, 4) is 0 Å². The van der Waals surface area contributed by atoms with Crippen LogP contribution in [0.1, 0.15) is 219 Å². The van der Waals surface area contributed by atoms with Gasteiger partial charge < -0.3 is 21.1 Å². The van der Waals surface area contributed by atoms with Gasteiger partial charge in [-0.3, -0.25) is 13.8 Å². The third kappa shape index (κ3) is 45.8. The van der Waals surface area contributed by atoms with E-state index in [1.807, 2.05) is 0 Å². The number of carbonyl (C=O) groups excluding carboxylic acids is 1. The van der Waals surface area contributed by atoms with Crippen LogP contribution in [-0.2, 0) is 18.4 Å². The smallest absolute Gasteiger partial charge is 0.391 e. The zero-order valence-electron chi connectivity index (χ0n) is 39.4. The van der Waals surface area contributed by atoms with Crippen LogP contribution in [0.4, 0.5) is 0 Å². The lowest BCUT2D eigenvalue weighted by molar-refractivity contribution is -0.123. The lowest BCUT2D eigenvalue weighted by Crippen LogP contribution is -2.46. The summed E-state index contributed by atoms with van der Waals surface area (Å²) in [5.74, 6) is -0.187. The second-order valence-electron chi connectivity index (χ2n) is 16.6. The third-order valence-corrected chi connectivity index (χ3v) is 11.8. The van der Waals surface area contributed by atoms with Gasteiger partial charge in [-0.05, 0) is 64.2 Å². The number of hydrogen-bond donors (Lipinski definition) is 4. The molecule has 3 unspecified atom stereocenters. The Kier molecular flexibility index (Phi) is 45.8. The van der Waals surface area contributed by atoms with Gasteiger partial charge in [-0.25, -0.2) is 4.57 Å². The maximum atomic E-state index is 12.8. The van der Waals surface area contributed by atoms with E-state index in [2.05, 4.69) is 92.1 Å². The van der Waals surface area contributed by atoms with E-state index in [1.54, 1.807) is 0 Å². The van der Waals surface area contributed by atoms with Gasteiger partial charge >= 0.3 is 7.82 Å². The lowest BCUT2D eigenvalue weighted by Gasteiger charge is -2.25. The quantitative estimate of drug-likeness (QED) is 0.0272. The number of nitrogens with one attached hydrogen (secondary N) is 1. The van der Waals surface area contributed by atoms with Crippen LogP contribution in [0.2, 0.25) is 0 Å². The van der Waals surface area contributed by atoms with E-state index in [0.717, 1.165) is 89.9 Å². The summed E-state index contributed by atoms with van der Waals surface area (Å²) >= 11 is 0. The van der Waals surface area contributed by atoms with Gasteiger partial charge in [-0.2, -0.15) is 0 Å². The van der Waals surface area contributed by atoms with E-state index in [9.17, 15) is 19.4 Å². The van der Waals surface area contributed by atoms with Gasteiger partial charge in [0, 0.05) is 13.0 Å². The van der Waals surface area contributed by atoms with Crippen LogP contribution < -0.4 is 11.1 Å². The molecule has 9 heteroatoms. The molecule has 0 aromatic rings. The summed E-state index contributed by atoms with van der Waals surface area (Å²) in [6.07, 6.45) is 62.0. The van der Waals surface area contributed by atoms with Crippen LogP contribution in [0.25, 0.3) is 0 Å². The van der Waals surface area contributed by atoms with Gasteiger partial charge in [0.1, 0.15) is 0 Å². The maximum absolute atomic E-state index is 12.8. The van der Waals surface area contributed by atoms with Gasteiger partial charge in [-0.15, -0.1) is 0 Å². The van der Waals surface area contributed by atoms with Gasteiger partial charge in [0.2, 0.25) is 5.91 Å². The molecule has 61 heavy (non-hydrogen) atoms. The molecular formula is C52H95N2O6P. The molecule has 0 aromatic carbocycles. The first kappa shape index (κ1) is 58.9. The zero-order valence-corrected chi connectivity index (χ0v) is 40.3. The second kappa shape index (κ2) is 47.4. The highest BCUT2D eigenvalue weighted by Gasteiger charge is 2.27. The normalized spacial score (nSPS) is 14.5. The highest BCUT2D eigenvalue weighted by atomic mass is 31.2. The zero-order chi connectivity index (χ0) is 44.6. The summed E-state index contributed by atoms with van der Waals surface area (Å²) in [6.45, 7) is 4.08. The molecule has 0 bridgehead atoms. The molecule has 0 spiro atoms. The van der Waals surface area contributed by atoms with E-state index in [4.69, 9.17) is 14.8 Å². The topological polar surface area (TPSA) is 131 Å². The average molecular weight is 875 g/mol. The predicted octanol–water partition coefficient (Wildman–Crippen LogP) is 14.8. The Hall–Kier alpha value is -2.06. The number of aliphatic hydroxyl groups excluding tert-OH is 1. The molecule has 0 aliphatic rings. The summed E-state index contributed by atoms with van der Waals surface area (Å²) in [4.78, 5) is 22.8. The minimum Gasteiger partial charge on any atom is -0.391 e. The standard InChI is InChI=1S/C52H95N2O6P/c1-3-5-7-9-11-13-15-17-19-21-23-24-25-26-28-30-32-34-36-38-40-42-44-46-52(56)54-50(49-60-61(57,58)59-48-47-53)51(55)45-43-41-39-37-35-33-31-29-27-22-20-18-16-14-12-10-8-6-4-2/h5,7,11,13,17,19,23-24,26,28,32,34,50-51,55H,3-4,6,8-10,12,14-16,18,20-22,25,27,29-31,33,35-49,53H2,1-2H3,(H,54,56)(H,57,58)/b7-5-,13-11-,19-17-,24-23-,28-26-,34-32-.